The predicted molar refractivity (Wildman–Crippen MR) is 104 cm³/mol. The van der Waals surface area contributed by atoms with Crippen LogP contribution in [0.2, 0.25) is 5.02 Å². The Bertz CT molecular complexity index is 865. The number of nitrogens with zero attached hydrogens (tertiary/aromatic N) is 2. The van der Waals surface area contributed by atoms with Gasteiger partial charge in [0, 0.05) is 16.5 Å². The number of benzene rings is 2. The van der Waals surface area contributed by atoms with Crippen molar-refractivity contribution >= 4 is 34.6 Å². The topological polar surface area (TPSA) is 50.8 Å². The van der Waals surface area contributed by atoms with Gasteiger partial charge in [-0.25, -0.2) is 5.01 Å². The number of thiocarbonyl (C=S) groups is 1. The zero-order chi connectivity index (χ0) is 17.6. The second kappa shape index (κ2) is 6.32. The first kappa shape index (κ1) is 16.4. The van der Waals surface area contributed by atoms with E-state index in [1.165, 1.54) is 5.56 Å². The first-order valence-electron chi connectivity index (χ1n) is 8.18. The number of fused-ring (bicyclic) bond motifs is 3. The van der Waals surface area contributed by atoms with Crippen LogP contribution in [0.4, 0.5) is 0 Å². The van der Waals surface area contributed by atoms with Gasteiger partial charge < -0.3 is 10.5 Å². The number of hydrogen-bond acceptors (Lipinski definition) is 3. The quantitative estimate of drug-likeness (QED) is 0.813. The second-order valence-electron chi connectivity index (χ2n) is 6.33. The van der Waals surface area contributed by atoms with Gasteiger partial charge in [0.05, 0.1) is 18.9 Å². The van der Waals surface area contributed by atoms with Gasteiger partial charge >= 0.3 is 0 Å². The third kappa shape index (κ3) is 2.77. The highest BCUT2D eigenvalue weighted by molar-refractivity contribution is 7.80. The monoisotopic (exact) mass is 371 g/mol. The van der Waals surface area contributed by atoms with E-state index in [1.807, 2.05) is 30.3 Å². The van der Waals surface area contributed by atoms with Gasteiger partial charge in [0.2, 0.25) is 0 Å². The Morgan fingerprint density at radius 1 is 1.28 bits per heavy atom. The summed E-state index contributed by atoms with van der Waals surface area (Å²) in [6.07, 6.45) is 1.97. The van der Waals surface area contributed by atoms with Crippen LogP contribution in [-0.2, 0) is 6.42 Å². The van der Waals surface area contributed by atoms with Gasteiger partial charge in [0.25, 0.3) is 0 Å². The standard InChI is InChI=1S/C19H18ClN3OS/c1-24-14-7-9-15-12(10-14)4-8-16-17(15)22-23(19(21)25)18(16)11-2-5-13(20)6-3-11/h2-3,5-7,9-10,16,18H,4,8H2,1H3,(H2,21,25)/t16-,18+/m0/s1. The third-order valence-corrected chi connectivity index (χ3v) is 5.40. The summed E-state index contributed by atoms with van der Waals surface area (Å²) in [5, 5.41) is 7.57. The van der Waals surface area contributed by atoms with Gasteiger partial charge in [-0.05, 0) is 66.5 Å². The lowest BCUT2D eigenvalue weighted by atomic mass is 9.77. The molecule has 2 aromatic rings. The maximum atomic E-state index is 6.05. The first-order chi connectivity index (χ1) is 12.1. The summed E-state index contributed by atoms with van der Waals surface area (Å²) in [6, 6.07) is 14.0. The highest BCUT2D eigenvalue weighted by atomic mass is 35.5. The van der Waals surface area contributed by atoms with Crippen LogP contribution < -0.4 is 10.5 Å². The summed E-state index contributed by atoms with van der Waals surface area (Å²) in [7, 11) is 1.69. The van der Waals surface area contributed by atoms with E-state index in [0.29, 0.717) is 5.02 Å². The van der Waals surface area contributed by atoms with E-state index < -0.39 is 0 Å². The molecule has 2 aromatic carbocycles. The van der Waals surface area contributed by atoms with Crippen LogP contribution >= 0.6 is 23.8 Å². The molecule has 6 heteroatoms. The molecule has 0 fully saturated rings. The van der Waals surface area contributed by atoms with E-state index in [0.717, 1.165) is 35.4 Å². The van der Waals surface area contributed by atoms with Crippen molar-refractivity contribution in [3.63, 3.8) is 0 Å². The number of ether oxygens (including phenoxy) is 1. The largest absolute Gasteiger partial charge is 0.497 e. The van der Waals surface area contributed by atoms with Crippen molar-refractivity contribution in [2.75, 3.05) is 7.11 Å². The molecule has 0 saturated carbocycles. The molecule has 1 aliphatic carbocycles. The number of aryl methyl sites for hydroxylation is 1. The zero-order valence-electron chi connectivity index (χ0n) is 13.8. The maximum absolute atomic E-state index is 6.05. The van der Waals surface area contributed by atoms with Gasteiger partial charge in [-0.1, -0.05) is 23.7 Å². The van der Waals surface area contributed by atoms with Crippen molar-refractivity contribution in [1.29, 1.82) is 0 Å². The molecule has 2 N–H and O–H groups in total. The number of rotatable bonds is 2. The lowest BCUT2D eigenvalue weighted by Crippen LogP contribution is -2.35. The predicted octanol–water partition coefficient (Wildman–Crippen LogP) is 3.92. The molecule has 1 heterocycles. The molecule has 2 aliphatic rings. The van der Waals surface area contributed by atoms with Crippen LogP contribution in [-0.4, -0.2) is 22.9 Å². The molecule has 0 spiro atoms. The van der Waals surface area contributed by atoms with Gasteiger partial charge in [-0.2, -0.15) is 5.10 Å². The number of nitrogens with two attached hydrogens (primary N) is 1. The summed E-state index contributed by atoms with van der Waals surface area (Å²) >= 11 is 11.3. The highest BCUT2D eigenvalue weighted by Gasteiger charge is 2.42. The Labute approximate surface area is 157 Å². The van der Waals surface area contributed by atoms with Crippen LogP contribution in [0.5, 0.6) is 5.75 Å². The minimum absolute atomic E-state index is 0.0139. The van der Waals surface area contributed by atoms with Crippen molar-refractivity contribution in [3.05, 3.63) is 64.2 Å². The SMILES string of the molecule is COc1ccc2c(c1)CC[C@H]1C2=NN(C(N)=S)[C@@H]1c1ccc(Cl)cc1. The lowest BCUT2D eigenvalue weighted by Gasteiger charge is -2.30. The molecule has 0 amide bonds. The molecule has 0 unspecified atom stereocenters. The third-order valence-electron chi connectivity index (χ3n) is 4.96. The smallest absolute Gasteiger partial charge is 0.187 e. The minimum Gasteiger partial charge on any atom is -0.497 e. The van der Waals surface area contributed by atoms with E-state index in [2.05, 4.69) is 12.1 Å². The number of methoxy groups -OCH3 is 1. The zero-order valence-corrected chi connectivity index (χ0v) is 15.3. The Morgan fingerprint density at radius 3 is 2.72 bits per heavy atom. The fraction of sp³-hybridized carbons (Fsp3) is 0.263. The van der Waals surface area contributed by atoms with Crippen molar-refractivity contribution < 1.29 is 4.74 Å². The average molecular weight is 372 g/mol. The number of hydrazone groups is 1. The van der Waals surface area contributed by atoms with Gasteiger partial charge in [-0.3, -0.25) is 0 Å². The van der Waals surface area contributed by atoms with Crippen LogP contribution in [0.15, 0.2) is 47.6 Å². The molecule has 25 heavy (non-hydrogen) atoms. The summed E-state index contributed by atoms with van der Waals surface area (Å²) in [5.41, 5.74) is 10.6. The van der Waals surface area contributed by atoms with E-state index in [4.69, 9.17) is 39.4 Å². The summed E-state index contributed by atoms with van der Waals surface area (Å²) < 4.78 is 5.35. The fourth-order valence-electron chi connectivity index (χ4n) is 3.81. The molecule has 0 bridgehead atoms. The lowest BCUT2D eigenvalue weighted by molar-refractivity contribution is 0.309. The Hall–Kier alpha value is -2.11. The molecule has 0 aromatic heterocycles. The minimum atomic E-state index is 0.0139. The van der Waals surface area contributed by atoms with E-state index >= 15 is 0 Å². The van der Waals surface area contributed by atoms with Gasteiger partial charge in [0.15, 0.2) is 5.11 Å². The van der Waals surface area contributed by atoms with E-state index in [1.54, 1.807) is 12.1 Å². The number of hydrogen-bond donors (Lipinski definition) is 1. The normalized spacial score (nSPS) is 21.4. The number of halogens is 1. The second-order valence-corrected chi connectivity index (χ2v) is 7.19. The molecular weight excluding hydrogens is 354 g/mol. The van der Waals surface area contributed by atoms with Gasteiger partial charge in [0.1, 0.15) is 5.75 Å². The molecule has 1 aliphatic heterocycles. The first-order valence-corrected chi connectivity index (χ1v) is 8.97. The van der Waals surface area contributed by atoms with Crippen LogP contribution in [0.25, 0.3) is 0 Å². The Balaban J connectivity index is 1.78. The molecule has 4 nitrogen and oxygen atoms in total. The Morgan fingerprint density at radius 2 is 2.04 bits per heavy atom. The molecule has 0 radical (unpaired) electrons. The molecule has 4 rings (SSSR count). The van der Waals surface area contributed by atoms with Crippen LogP contribution in [0, 0.1) is 5.92 Å². The molecule has 128 valence electrons. The summed E-state index contributed by atoms with van der Waals surface area (Å²) in [6.45, 7) is 0. The fourth-order valence-corrected chi connectivity index (χ4v) is 4.09. The van der Waals surface area contributed by atoms with Crippen molar-refractivity contribution in [1.82, 2.24) is 5.01 Å². The van der Waals surface area contributed by atoms with Crippen molar-refractivity contribution in [3.8, 4) is 5.75 Å². The van der Waals surface area contributed by atoms with Gasteiger partial charge in [-0.15, -0.1) is 0 Å². The maximum Gasteiger partial charge on any atom is 0.187 e. The molecule has 2 atom stereocenters. The Kier molecular flexibility index (Phi) is 4.13. The molecule has 0 saturated heterocycles. The van der Waals surface area contributed by atoms with E-state index in [9.17, 15) is 0 Å². The van der Waals surface area contributed by atoms with Crippen molar-refractivity contribution in [2.45, 2.75) is 18.9 Å². The highest BCUT2D eigenvalue weighted by Crippen LogP contribution is 2.43. The van der Waals surface area contributed by atoms with E-state index in [-0.39, 0.29) is 17.1 Å². The average Bonchev–Trinajstić information content (AvgIpc) is 3.02. The summed E-state index contributed by atoms with van der Waals surface area (Å²) in [4.78, 5) is 0. The van der Waals surface area contributed by atoms with Crippen LogP contribution in [0.1, 0.15) is 29.2 Å². The molecular formula is C19H18ClN3OS. The van der Waals surface area contributed by atoms with Crippen molar-refractivity contribution in [2.24, 2.45) is 16.8 Å². The van der Waals surface area contributed by atoms with Crippen LogP contribution in [0.3, 0.4) is 0 Å². The summed E-state index contributed by atoms with van der Waals surface area (Å²) in [5.74, 6) is 1.12.